The smallest absolute Gasteiger partial charge is 0.264 e. The quantitative estimate of drug-likeness (QED) is 0.361. The molecule has 8 heteroatoms. The highest BCUT2D eigenvalue weighted by Crippen LogP contribution is 2.25. The van der Waals surface area contributed by atoms with Crippen LogP contribution in [-0.2, 0) is 21.2 Å². The summed E-state index contributed by atoms with van der Waals surface area (Å²) in [7, 11) is -3.90. The molecule has 0 saturated carbocycles. The Bertz CT molecular complexity index is 1140. The van der Waals surface area contributed by atoms with Crippen LogP contribution >= 0.6 is 15.9 Å². The van der Waals surface area contributed by atoms with Crippen LogP contribution in [0.2, 0.25) is 0 Å². The summed E-state index contributed by atoms with van der Waals surface area (Å²) in [6.45, 7) is 2.72. The Morgan fingerprint density at radius 3 is 2.27 bits per heavy atom. The van der Waals surface area contributed by atoms with Crippen molar-refractivity contribution < 1.29 is 17.9 Å². The molecule has 0 atom stereocenters. The summed E-state index contributed by atoms with van der Waals surface area (Å²) in [5.74, 6) is 0.478. The Morgan fingerprint density at radius 2 is 1.64 bits per heavy atom. The summed E-state index contributed by atoms with van der Waals surface area (Å²) in [6.07, 6.45) is 1.54. The van der Waals surface area contributed by atoms with E-state index in [0.29, 0.717) is 18.8 Å². The van der Waals surface area contributed by atoms with Gasteiger partial charge in [-0.3, -0.25) is 9.10 Å². The third-order valence-electron chi connectivity index (χ3n) is 4.93. The van der Waals surface area contributed by atoms with Gasteiger partial charge in [-0.05, 0) is 73.9 Å². The summed E-state index contributed by atoms with van der Waals surface area (Å²) < 4.78 is 33.9. The number of carbonyl (C=O) groups excluding carboxylic acids is 1. The molecule has 0 radical (unpaired) electrons. The molecule has 0 bridgehead atoms. The molecule has 0 saturated heterocycles. The maximum atomic E-state index is 13.3. The molecule has 3 rings (SSSR count). The topological polar surface area (TPSA) is 75.7 Å². The number of hydrogen-bond donors (Lipinski definition) is 1. The molecule has 3 aromatic rings. The van der Waals surface area contributed by atoms with Gasteiger partial charge in [0, 0.05) is 11.0 Å². The first-order valence-corrected chi connectivity index (χ1v) is 13.0. The molecule has 0 fully saturated rings. The van der Waals surface area contributed by atoms with Crippen LogP contribution in [0.3, 0.4) is 0 Å². The third-order valence-corrected chi connectivity index (χ3v) is 7.25. The lowest BCUT2D eigenvalue weighted by Crippen LogP contribution is -2.41. The first-order valence-electron chi connectivity index (χ1n) is 10.7. The van der Waals surface area contributed by atoms with E-state index in [1.807, 2.05) is 31.2 Å². The molecular weight excluding hydrogens is 504 g/mol. The van der Waals surface area contributed by atoms with Gasteiger partial charge in [0.1, 0.15) is 12.3 Å². The molecule has 1 N–H and O–H groups in total. The third kappa shape index (κ3) is 7.07. The van der Waals surface area contributed by atoms with Gasteiger partial charge in [-0.1, -0.05) is 46.3 Å². The van der Waals surface area contributed by atoms with E-state index in [9.17, 15) is 13.2 Å². The van der Waals surface area contributed by atoms with Gasteiger partial charge in [-0.15, -0.1) is 0 Å². The maximum Gasteiger partial charge on any atom is 0.264 e. The molecular formula is C25H27BrN2O4S. The number of carbonyl (C=O) groups is 1. The maximum absolute atomic E-state index is 13.3. The Kier molecular flexibility index (Phi) is 8.91. The molecule has 0 spiro atoms. The van der Waals surface area contributed by atoms with E-state index in [4.69, 9.17) is 4.74 Å². The van der Waals surface area contributed by atoms with Gasteiger partial charge in [-0.25, -0.2) is 8.42 Å². The molecule has 3 aromatic carbocycles. The fraction of sp³-hybridized carbons (Fsp3) is 0.240. The predicted molar refractivity (Wildman–Crippen MR) is 134 cm³/mol. The van der Waals surface area contributed by atoms with E-state index < -0.39 is 10.0 Å². The average Bonchev–Trinajstić information content (AvgIpc) is 2.83. The van der Waals surface area contributed by atoms with Crippen molar-refractivity contribution in [2.75, 3.05) is 24.0 Å². The first kappa shape index (κ1) is 24.8. The SMILES string of the molecule is CCOc1ccc(CCCNC(=O)CN(c2ccc(Br)cc2)S(=O)(=O)c2ccccc2)cc1. The number of halogens is 1. The Balaban J connectivity index is 1.62. The van der Waals surface area contributed by atoms with Crippen molar-refractivity contribution in [3.63, 3.8) is 0 Å². The number of amides is 1. The zero-order chi connectivity index (χ0) is 23.7. The van der Waals surface area contributed by atoms with Gasteiger partial charge < -0.3 is 10.1 Å². The summed E-state index contributed by atoms with van der Waals surface area (Å²) in [6, 6.07) is 22.8. The van der Waals surface area contributed by atoms with Gasteiger partial charge >= 0.3 is 0 Å². The number of sulfonamides is 1. The number of rotatable bonds is 11. The van der Waals surface area contributed by atoms with Crippen LogP contribution < -0.4 is 14.4 Å². The van der Waals surface area contributed by atoms with E-state index in [1.165, 1.54) is 12.1 Å². The molecule has 174 valence electrons. The van der Waals surface area contributed by atoms with E-state index in [1.54, 1.807) is 42.5 Å². The van der Waals surface area contributed by atoms with Crippen molar-refractivity contribution in [1.82, 2.24) is 5.32 Å². The Labute approximate surface area is 203 Å². The number of anilines is 1. The molecule has 0 heterocycles. The minimum atomic E-state index is -3.90. The minimum absolute atomic E-state index is 0.135. The van der Waals surface area contributed by atoms with Crippen LogP contribution in [0.4, 0.5) is 5.69 Å². The number of benzene rings is 3. The predicted octanol–water partition coefficient (Wildman–Crippen LogP) is 4.79. The van der Waals surface area contributed by atoms with Gasteiger partial charge in [0.15, 0.2) is 0 Å². The van der Waals surface area contributed by atoms with Crippen LogP contribution in [0.25, 0.3) is 0 Å². The number of nitrogens with one attached hydrogen (secondary N) is 1. The lowest BCUT2D eigenvalue weighted by Gasteiger charge is -2.24. The zero-order valence-electron chi connectivity index (χ0n) is 18.4. The second kappa shape index (κ2) is 11.9. The molecule has 1 amide bonds. The van der Waals surface area contributed by atoms with Gasteiger partial charge in [0.05, 0.1) is 17.2 Å². The van der Waals surface area contributed by atoms with Crippen LogP contribution in [-0.4, -0.2) is 34.0 Å². The lowest BCUT2D eigenvalue weighted by molar-refractivity contribution is -0.119. The van der Waals surface area contributed by atoms with Crippen LogP contribution in [0.15, 0.2) is 88.2 Å². The number of hydrogen-bond acceptors (Lipinski definition) is 4. The fourth-order valence-corrected chi connectivity index (χ4v) is 4.97. The lowest BCUT2D eigenvalue weighted by atomic mass is 10.1. The van der Waals surface area contributed by atoms with E-state index >= 15 is 0 Å². The summed E-state index contributed by atoms with van der Waals surface area (Å²) in [5.41, 5.74) is 1.57. The highest BCUT2D eigenvalue weighted by atomic mass is 79.9. The monoisotopic (exact) mass is 530 g/mol. The Hall–Kier alpha value is -2.84. The average molecular weight is 531 g/mol. The normalized spacial score (nSPS) is 11.1. The van der Waals surface area contributed by atoms with Gasteiger partial charge in [0.25, 0.3) is 10.0 Å². The van der Waals surface area contributed by atoms with Crippen molar-refractivity contribution >= 4 is 37.5 Å². The highest BCUT2D eigenvalue weighted by Gasteiger charge is 2.26. The molecule has 0 unspecified atom stereocenters. The summed E-state index contributed by atoms with van der Waals surface area (Å²) in [5, 5.41) is 2.84. The Morgan fingerprint density at radius 1 is 0.970 bits per heavy atom. The molecule has 33 heavy (non-hydrogen) atoms. The van der Waals surface area contributed by atoms with Crippen molar-refractivity contribution in [2.45, 2.75) is 24.7 Å². The fourth-order valence-electron chi connectivity index (χ4n) is 3.27. The largest absolute Gasteiger partial charge is 0.494 e. The summed E-state index contributed by atoms with van der Waals surface area (Å²) >= 11 is 3.36. The minimum Gasteiger partial charge on any atom is -0.494 e. The first-order chi connectivity index (χ1) is 15.9. The molecule has 0 aliphatic rings. The van der Waals surface area contributed by atoms with E-state index in [2.05, 4.69) is 21.2 Å². The second-order valence-corrected chi connectivity index (χ2v) is 10.1. The van der Waals surface area contributed by atoms with Crippen LogP contribution in [0.1, 0.15) is 18.9 Å². The van der Waals surface area contributed by atoms with Crippen LogP contribution in [0.5, 0.6) is 5.75 Å². The standard InChI is InChI=1S/C25H27BrN2O4S/c1-2-32-23-16-10-20(11-17-23)7-6-18-27-25(29)19-28(22-14-12-21(26)13-15-22)33(30,31)24-8-4-3-5-9-24/h3-5,8-17H,2,6-7,18-19H2,1H3,(H,27,29). The van der Waals surface area contributed by atoms with Crippen molar-refractivity contribution in [2.24, 2.45) is 0 Å². The van der Waals surface area contributed by atoms with E-state index in [-0.39, 0.29) is 17.3 Å². The second-order valence-electron chi connectivity index (χ2n) is 7.33. The number of ether oxygens (including phenoxy) is 1. The molecule has 6 nitrogen and oxygen atoms in total. The van der Waals surface area contributed by atoms with Crippen molar-refractivity contribution in [3.05, 3.63) is 88.9 Å². The number of nitrogens with zero attached hydrogens (tertiary/aromatic N) is 1. The van der Waals surface area contributed by atoms with Crippen molar-refractivity contribution in [3.8, 4) is 5.75 Å². The highest BCUT2D eigenvalue weighted by molar-refractivity contribution is 9.10. The van der Waals surface area contributed by atoms with Crippen LogP contribution in [0, 0.1) is 0 Å². The van der Waals surface area contributed by atoms with Crippen molar-refractivity contribution in [1.29, 1.82) is 0 Å². The molecule has 0 aliphatic carbocycles. The molecule has 0 aromatic heterocycles. The number of aryl methyl sites for hydroxylation is 1. The van der Waals surface area contributed by atoms with E-state index in [0.717, 1.165) is 32.9 Å². The summed E-state index contributed by atoms with van der Waals surface area (Å²) in [4.78, 5) is 12.8. The van der Waals surface area contributed by atoms with Gasteiger partial charge in [-0.2, -0.15) is 0 Å². The van der Waals surface area contributed by atoms with Gasteiger partial charge in [0.2, 0.25) is 5.91 Å². The molecule has 0 aliphatic heterocycles. The zero-order valence-corrected chi connectivity index (χ0v) is 20.8.